The minimum absolute atomic E-state index is 0.0566. The van der Waals surface area contributed by atoms with Gasteiger partial charge in [0.15, 0.2) is 11.0 Å². The number of H-pyrrole nitrogens is 1. The molecule has 5 N–H and O–H groups in total. The number of hydrogen-bond donors (Lipinski definition) is 4. The number of ether oxygens (including phenoxy) is 2. The molecule has 1 saturated heterocycles. The summed E-state index contributed by atoms with van der Waals surface area (Å²) in [5, 5.41) is 5.44. The quantitative estimate of drug-likeness (QED) is 0.356. The maximum atomic E-state index is 12.3. The standard InChI is InChI=1S/C19H23N5O5S/c1-28-12-6-4-11(5-7-12)17(26)22-15-16(20)23-19(24-18(15)27)30-10-14(25)21-9-13-3-2-8-29-13/h4-7,13H,2-3,8-10H2,1H3,(H,21,25)(H,22,26)(H3,20,23,24,27)/t13-/m1/s1. The largest absolute Gasteiger partial charge is 0.497 e. The summed E-state index contributed by atoms with van der Waals surface area (Å²) in [5.74, 6) is -0.180. The van der Waals surface area contributed by atoms with E-state index in [1.54, 1.807) is 24.3 Å². The van der Waals surface area contributed by atoms with Gasteiger partial charge in [0, 0.05) is 18.7 Å². The Labute approximate surface area is 176 Å². The molecule has 0 radical (unpaired) electrons. The van der Waals surface area contributed by atoms with Crippen molar-refractivity contribution < 1.29 is 19.1 Å². The minimum Gasteiger partial charge on any atom is -0.497 e. The maximum absolute atomic E-state index is 12.3. The van der Waals surface area contributed by atoms with Gasteiger partial charge < -0.3 is 25.8 Å². The first-order valence-electron chi connectivity index (χ1n) is 9.32. The van der Waals surface area contributed by atoms with Gasteiger partial charge in [0.05, 0.1) is 19.0 Å². The monoisotopic (exact) mass is 433 g/mol. The van der Waals surface area contributed by atoms with Crippen molar-refractivity contribution in [2.45, 2.75) is 24.1 Å². The van der Waals surface area contributed by atoms with E-state index in [-0.39, 0.29) is 34.4 Å². The zero-order chi connectivity index (χ0) is 21.5. The van der Waals surface area contributed by atoms with Crippen LogP contribution in [0.4, 0.5) is 11.5 Å². The molecule has 1 atom stereocenters. The molecule has 1 aromatic heterocycles. The second-order valence-corrected chi connectivity index (χ2v) is 7.51. The van der Waals surface area contributed by atoms with E-state index in [1.807, 2.05) is 0 Å². The number of methoxy groups -OCH3 is 1. The van der Waals surface area contributed by atoms with Gasteiger partial charge in [0.1, 0.15) is 11.4 Å². The highest BCUT2D eigenvalue weighted by atomic mass is 32.2. The number of anilines is 2. The predicted molar refractivity (Wildman–Crippen MR) is 113 cm³/mol. The number of thioether (sulfide) groups is 1. The third kappa shape index (κ3) is 5.74. The molecule has 2 heterocycles. The van der Waals surface area contributed by atoms with Gasteiger partial charge in [-0.3, -0.25) is 19.4 Å². The molecule has 2 amide bonds. The SMILES string of the molecule is COc1ccc(C(=O)Nc2c(N)nc(SCC(=O)NC[C@H]3CCCO3)[nH]c2=O)cc1. The second kappa shape index (κ2) is 10.1. The van der Waals surface area contributed by atoms with Crippen LogP contribution in [0.2, 0.25) is 0 Å². The summed E-state index contributed by atoms with van der Waals surface area (Å²) in [5.41, 5.74) is 5.42. The van der Waals surface area contributed by atoms with Gasteiger partial charge in [-0.15, -0.1) is 0 Å². The number of carbonyl (C=O) groups excluding carboxylic acids is 2. The van der Waals surface area contributed by atoms with Crippen LogP contribution < -0.4 is 26.7 Å². The Bertz CT molecular complexity index is 957. The van der Waals surface area contributed by atoms with Crippen LogP contribution in [0.25, 0.3) is 0 Å². The fourth-order valence-corrected chi connectivity index (χ4v) is 3.50. The highest BCUT2D eigenvalue weighted by Crippen LogP contribution is 2.18. The van der Waals surface area contributed by atoms with E-state index in [1.165, 1.54) is 7.11 Å². The molecule has 10 nitrogen and oxygen atoms in total. The molecule has 0 saturated carbocycles. The zero-order valence-corrected chi connectivity index (χ0v) is 17.2. The first-order valence-corrected chi connectivity index (χ1v) is 10.3. The molecule has 0 aliphatic carbocycles. The number of nitrogens with zero attached hydrogens (tertiary/aromatic N) is 1. The van der Waals surface area contributed by atoms with Crippen LogP contribution in [-0.2, 0) is 9.53 Å². The Hall–Kier alpha value is -3.05. The Morgan fingerprint density at radius 3 is 2.77 bits per heavy atom. The number of nitrogen functional groups attached to an aromatic ring is 1. The lowest BCUT2D eigenvalue weighted by atomic mass is 10.2. The smallest absolute Gasteiger partial charge is 0.277 e. The molecular weight excluding hydrogens is 410 g/mol. The van der Waals surface area contributed by atoms with Crippen LogP contribution in [-0.4, -0.2) is 53.9 Å². The molecule has 0 spiro atoms. The molecule has 11 heteroatoms. The Morgan fingerprint density at radius 2 is 2.13 bits per heavy atom. The van der Waals surface area contributed by atoms with E-state index in [4.69, 9.17) is 15.2 Å². The maximum Gasteiger partial charge on any atom is 0.277 e. The average Bonchev–Trinajstić information content (AvgIpc) is 3.27. The van der Waals surface area contributed by atoms with Crippen LogP contribution in [0, 0.1) is 0 Å². The van der Waals surface area contributed by atoms with Gasteiger partial charge in [-0.05, 0) is 37.1 Å². The highest BCUT2D eigenvalue weighted by Gasteiger charge is 2.17. The van der Waals surface area contributed by atoms with Gasteiger partial charge in [0.25, 0.3) is 11.5 Å². The summed E-state index contributed by atoms with van der Waals surface area (Å²) in [4.78, 5) is 43.2. The number of rotatable bonds is 8. The summed E-state index contributed by atoms with van der Waals surface area (Å²) in [6.07, 6.45) is 1.99. The van der Waals surface area contributed by atoms with Crippen molar-refractivity contribution in [2.24, 2.45) is 0 Å². The lowest BCUT2D eigenvalue weighted by Gasteiger charge is -2.11. The van der Waals surface area contributed by atoms with Gasteiger partial charge in [-0.2, -0.15) is 0 Å². The minimum atomic E-state index is -0.605. The number of amides is 2. The molecule has 1 aliphatic heterocycles. The Balaban J connectivity index is 1.56. The molecular formula is C19H23N5O5S. The van der Waals surface area contributed by atoms with E-state index in [0.717, 1.165) is 31.2 Å². The topological polar surface area (TPSA) is 148 Å². The van der Waals surface area contributed by atoms with E-state index in [9.17, 15) is 14.4 Å². The summed E-state index contributed by atoms with van der Waals surface area (Å²) in [7, 11) is 1.52. The summed E-state index contributed by atoms with van der Waals surface area (Å²) in [6.45, 7) is 1.18. The molecule has 160 valence electrons. The third-order valence-corrected chi connectivity index (χ3v) is 5.28. The van der Waals surface area contributed by atoms with E-state index < -0.39 is 11.5 Å². The summed E-state index contributed by atoms with van der Waals surface area (Å²) >= 11 is 1.04. The predicted octanol–water partition coefficient (Wildman–Crippen LogP) is 1.00. The number of nitrogens with one attached hydrogen (secondary N) is 3. The molecule has 30 heavy (non-hydrogen) atoms. The first kappa shape index (κ1) is 21.7. The van der Waals surface area contributed by atoms with Crippen molar-refractivity contribution in [3.8, 4) is 5.75 Å². The number of hydrogen-bond acceptors (Lipinski definition) is 8. The highest BCUT2D eigenvalue weighted by molar-refractivity contribution is 7.99. The van der Waals surface area contributed by atoms with Crippen molar-refractivity contribution in [3.63, 3.8) is 0 Å². The van der Waals surface area contributed by atoms with Crippen LogP contribution >= 0.6 is 11.8 Å². The average molecular weight is 433 g/mol. The number of carbonyl (C=O) groups is 2. The summed E-state index contributed by atoms with van der Waals surface area (Å²) in [6, 6.07) is 6.38. The number of benzene rings is 1. The van der Waals surface area contributed by atoms with Crippen molar-refractivity contribution in [2.75, 3.05) is 37.1 Å². The van der Waals surface area contributed by atoms with Crippen molar-refractivity contribution in [1.82, 2.24) is 15.3 Å². The van der Waals surface area contributed by atoms with Crippen molar-refractivity contribution in [1.29, 1.82) is 0 Å². The lowest BCUT2D eigenvalue weighted by molar-refractivity contribution is -0.119. The Morgan fingerprint density at radius 1 is 1.37 bits per heavy atom. The van der Waals surface area contributed by atoms with Crippen LogP contribution in [0.15, 0.2) is 34.2 Å². The fourth-order valence-electron chi connectivity index (χ4n) is 2.80. The molecule has 1 aliphatic rings. The number of aromatic nitrogens is 2. The third-order valence-electron chi connectivity index (χ3n) is 4.41. The van der Waals surface area contributed by atoms with Gasteiger partial charge in [0.2, 0.25) is 5.91 Å². The van der Waals surface area contributed by atoms with Crippen LogP contribution in [0.1, 0.15) is 23.2 Å². The zero-order valence-electron chi connectivity index (χ0n) is 16.4. The normalized spacial score (nSPS) is 15.6. The molecule has 0 bridgehead atoms. The number of aromatic amines is 1. The van der Waals surface area contributed by atoms with Gasteiger partial charge >= 0.3 is 0 Å². The first-order chi connectivity index (χ1) is 14.5. The van der Waals surface area contributed by atoms with Gasteiger partial charge in [-0.25, -0.2) is 4.98 Å². The van der Waals surface area contributed by atoms with Crippen LogP contribution in [0.3, 0.4) is 0 Å². The van der Waals surface area contributed by atoms with E-state index in [0.29, 0.717) is 17.9 Å². The molecule has 3 rings (SSSR count). The summed E-state index contributed by atoms with van der Waals surface area (Å²) < 4.78 is 10.5. The molecule has 2 aromatic rings. The number of nitrogens with two attached hydrogens (primary N) is 1. The van der Waals surface area contributed by atoms with E-state index in [2.05, 4.69) is 20.6 Å². The fraction of sp³-hybridized carbons (Fsp3) is 0.368. The lowest BCUT2D eigenvalue weighted by Crippen LogP contribution is -2.33. The van der Waals surface area contributed by atoms with Gasteiger partial charge in [-0.1, -0.05) is 11.8 Å². The molecule has 1 fully saturated rings. The van der Waals surface area contributed by atoms with E-state index >= 15 is 0 Å². The molecule has 1 aromatic carbocycles. The van der Waals surface area contributed by atoms with Crippen LogP contribution in [0.5, 0.6) is 5.75 Å². The second-order valence-electron chi connectivity index (χ2n) is 6.54. The van der Waals surface area contributed by atoms with Crippen molar-refractivity contribution >= 4 is 35.1 Å². The Kier molecular flexibility index (Phi) is 7.31. The van der Waals surface area contributed by atoms with Crippen molar-refractivity contribution in [3.05, 3.63) is 40.2 Å². The molecule has 0 unspecified atom stereocenters.